The number of benzene rings is 2. The molecule has 8 nitrogen and oxygen atoms in total. The van der Waals surface area contributed by atoms with Crippen LogP contribution in [0.15, 0.2) is 47.4 Å². The van der Waals surface area contributed by atoms with Gasteiger partial charge in [-0.05, 0) is 49.2 Å². The Labute approximate surface area is 203 Å². The maximum Gasteiger partial charge on any atom is 0.274 e. The van der Waals surface area contributed by atoms with Crippen LogP contribution in [0, 0.1) is 0 Å². The molecule has 34 heavy (non-hydrogen) atoms. The van der Waals surface area contributed by atoms with Crippen molar-refractivity contribution in [3.05, 3.63) is 48.0 Å². The Hall–Kier alpha value is -2.69. The summed E-state index contributed by atoms with van der Waals surface area (Å²) in [6.45, 7) is 2.28. The molecule has 0 bridgehead atoms. The van der Waals surface area contributed by atoms with Gasteiger partial charge in [0, 0.05) is 50.7 Å². The van der Waals surface area contributed by atoms with Crippen LogP contribution in [0.2, 0.25) is 0 Å². The highest BCUT2D eigenvalue weighted by atomic mass is 32.2. The first-order valence-corrected chi connectivity index (χ1v) is 13.7. The summed E-state index contributed by atoms with van der Waals surface area (Å²) in [5.74, 6) is 0.675. The highest BCUT2D eigenvalue weighted by Gasteiger charge is 2.28. The molecule has 3 aromatic rings. The number of nitrogens with zero attached hydrogens (tertiary/aromatic N) is 3. The van der Waals surface area contributed by atoms with E-state index in [0.29, 0.717) is 49.8 Å². The van der Waals surface area contributed by atoms with E-state index in [2.05, 4.69) is 4.98 Å². The zero-order chi connectivity index (χ0) is 23.7. The van der Waals surface area contributed by atoms with Crippen LogP contribution in [0.4, 0.5) is 0 Å². The summed E-state index contributed by atoms with van der Waals surface area (Å²) in [6.07, 6.45) is 3.21. The molecule has 0 unspecified atom stereocenters. The summed E-state index contributed by atoms with van der Waals surface area (Å²) in [5.41, 5.74) is 1.35. The Bertz CT molecular complexity index is 1280. The molecule has 0 spiro atoms. The quantitative estimate of drug-likeness (QED) is 0.511. The molecule has 180 valence electrons. The maximum absolute atomic E-state index is 13.0. The second kappa shape index (κ2) is 9.52. The Morgan fingerprint density at radius 2 is 1.74 bits per heavy atom. The lowest BCUT2D eigenvalue weighted by Crippen LogP contribution is -2.41. The number of aromatic nitrogens is 1. The van der Waals surface area contributed by atoms with Gasteiger partial charge in [-0.25, -0.2) is 13.4 Å². The van der Waals surface area contributed by atoms with Gasteiger partial charge in [0.2, 0.25) is 10.0 Å². The van der Waals surface area contributed by atoms with Crippen LogP contribution >= 0.6 is 11.3 Å². The minimum atomic E-state index is -3.48. The van der Waals surface area contributed by atoms with E-state index in [9.17, 15) is 13.2 Å². The second-order valence-corrected chi connectivity index (χ2v) is 11.5. The van der Waals surface area contributed by atoms with Gasteiger partial charge in [0.25, 0.3) is 11.1 Å². The molecule has 0 radical (unpaired) electrons. The SMILES string of the molecule is COc1ccc2sc(OC3CCN(C(=O)c4ccc(S(=O)(=O)N5CCCC5)cc4)CC3)nc2c1. The molecular formula is C24H27N3O5S2. The summed E-state index contributed by atoms with van der Waals surface area (Å²) in [6, 6.07) is 12.1. The van der Waals surface area contributed by atoms with Crippen LogP contribution in [-0.2, 0) is 10.0 Å². The molecule has 2 aliphatic rings. The molecule has 2 aliphatic heterocycles. The second-order valence-electron chi connectivity index (χ2n) is 8.56. The molecule has 2 aromatic carbocycles. The third-order valence-electron chi connectivity index (χ3n) is 6.38. The lowest BCUT2D eigenvalue weighted by Gasteiger charge is -2.31. The van der Waals surface area contributed by atoms with Crippen molar-refractivity contribution in [3.63, 3.8) is 0 Å². The Balaban J connectivity index is 1.18. The number of hydrogen-bond donors (Lipinski definition) is 0. The van der Waals surface area contributed by atoms with Gasteiger partial charge in [-0.15, -0.1) is 0 Å². The third-order valence-corrected chi connectivity index (χ3v) is 9.22. The maximum atomic E-state index is 13.0. The molecule has 0 saturated carbocycles. The molecule has 2 saturated heterocycles. The Morgan fingerprint density at radius 3 is 2.41 bits per heavy atom. The number of piperidine rings is 1. The predicted molar refractivity (Wildman–Crippen MR) is 130 cm³/mol. The van der Waals surface area contributed by atoms with Crippen LogP contribution in [0.25, 0.3) is 10.2 Å². The zero-order valence-electron chi connectivity index (χ0n) is 19.0. The fourth-order valence-corrected chi connectivity index (χ4v) is 6.79. The highest BCUT2D eigenvalue weighted by Crippen LogP contribution is 2.32. The molecule has 1 aromatic heterocycles. The van der Waals surface area contributed by atoms with E-state index < -0.39 is 10.0 Å². The largest absolute Gasteiger partial charge is 0.497 e. The Morgan fingerprint density at radius 1 is 1.03 bits per heavy atom. The van der Waals surface area contributed by atoms with Gasteiger partial charge in [0.1, 0.15) is 11.9 Å². The van der Waals surface area contributed by atoms with Gasteiger partial charge in [0.15, 0.2) is 0 Å². The summed E-state index contributed by atoms with van der Waals surface area (Å²) in [4.78, 5) is 19.6. The number of carbonyl (C=O) groups excluding carboxylic acids is 1. The number of likely N-dealkylation sites (tertiary alicyclic amines) is 1. The number of hydrogen-bond acceptors (Lipinski definition) is 7. The van der Waals surface area contributed by atoms with E-state index in [-0.39, 0.29) is 16.9 Å². The van der Waals surface area contributed by atoms with Crippen molar-refractivity contribution < 1.29 is 22.7 Å². The first kappa shape index (κ1) is 23.1. The summed E-state index contributed by atoms with van der Waals surface area (Å²) in [7, 11) is -1.85. The van der Waals surface area contributed by atoms with Crippen LogP contribution < -0.4 is 9.47 Å². The minimum absolute atomic E-state index is 0.000474. The number of amides is 1. The molecule has 0 aliphatic carbocycles. The number of thiazole rings is 1. The summed E-state index contributed by atoms with van der Waals surface area (Å²) in [5, 5.41) is 0.628. The normalized spacial score (nSPS) is 17.9. The van der Waals surface area contributed by atoms with Crippen molar-refractivity contribution in [2.75, 3.05) is 33.3 Å². The standard InChI is InChI=1S/C24H27N3O5S2/c1-31-19-6-9-22-21(16-19)25-24(33-22)32-18-10-14-26(15-11-18)23(28)17-4-7-20(8-5-17)34(29,30)27-12-2-3-13-27/h4-9,16,18H,2-3,10-15H2,1H3. The zero-order valence-corrected chi connectivity index (χ0v) is 20.6. The molecule has 2 fully saturated rings. The fourth-order valence-electron chi connectivity index (χ4n) is 4.41. The van der Waals surface area contributed by atoms with Crippen LogP contribution in [0.3, 0.4) is 0 Å². The van der Waals surface area contributed by atoms with Crippen molar-refractivity contribution in [2.24, 2.45) is 0 Å². The van der Waals surface area contributed by atoms with Crippen molar-refractivity contribution in [2.45, 2.75) is 36.7 Å². The number of carbonyl (C=O) groups is 1. The number of ether oxygens (including phenoxy) is 2. The van der Waals surface area contributed by atoms with Gasteiger partial charge < -0.3 is 14.4 Å². The fraction of sp³-hybridized carbons (Fsp3) is 0.417. The van der Waals surface area contributed by atoms with E-state index >= 15 is 0 Å². The van der Waals surface area contributed by atoms with Crippen LogP contribution in [0.1, 0.15) is 36.0 Å². The summed E-state index contributed by atoms with van der Waals surface area (Å²) < 4.78 is 39.3. The van der Waals surface area contributed by atoms with E-state index in [4.69, 9.17) is 9.47 Å². The number of sulfonamides is 1. The highest BCUT2D eigenvalue weighted by molar-refractivity contribution is 7.89. The summed E-state index contributed by atoms with van der Waals surface area (Å²) >= 11 is 1.50. The average Bonchev–Trinajstić information content (AvgIpc) is 3.54. The lowest BCUT2D eigenvalue weighted by molar-refractivity contribution is 0.0595. The predicted octanol–water partition coefficient (Wildman–Crippen LogP) is 3.77. The molecule has 0 N–H and O–H groups in total. The van der Waals surface area contributed by atoms with Crippen molar-refractivity contribution in [3.8, 4) is 10.9 Å². The number of rotatable bonds is 6. The monoisotopic (exact) mass is 501 g/mol. The first-order chi connectivity index (χ1) is 16.4. The van der Waals surface area contributed by atoms with E-state index in [1.165, 1.54) is 15.6 Å². The topological polar surface area (TPSA) is 89.0 Å². The van der Waals surface area contributed by atoms with Crippen LogP contribution in [0.5, 0.6) is 10.9 Å². The van der Waals surface area contributed by atoms with E-state index in [1.807, 2.05) is 18.2 Å². The van der Waals surface area contributed by atoms with Crippen molar-refractivity contribution in [1.82, 2.24) is 14.2 Å². The third kappa shape index (κ3) is 4.62. The average molecular weight is 502 g/mol. The lowest BCUT2D eigenvalue weighted by atomic mass is 10.1. The van der Waals surface area contributed by atoms with Gasteiger partial charge in [0.05, 0.1) is 22.2 Å². The van der Waals surface area contributed by atoms with Gasteiger partial charge in [-0.1, -0.05) is 11.3 Å². The molecular weight excluding hydrogens is 474 g/mol. The molecule has 10 heteroatoms. The smallest absolute Gasteiger partial charge is 0.274 e. The van der Waals surface area contributed by atoms with E-state index in [1.54, 1.807) is 36.3 Å². The molecule has 1 amide bonds. The number of methoxy groups -OCH3 is 1. The van der Waals surface area contributed by atoms with Crippen molar-refractivity contribution in [1.29, 1.82) is 0 Å². The Kier molecular flexibility index (Phi) is 6.46. The van der Waals surface area contributed by atoms with Gasteiger partial charge in [-0.3, -0.25) is 4.79 Å². The van der Waals surface area contributed by atoms with Gasteiger partial charge >= 0.3 is 0 Å². The van der Waals surface area contributed by atoms with Gasteiger partial charge in [-0.2, -0.15) is 4.31 Å². The minimum Gasteiger partial charge on any atom is -0.497 e. The van der Waals surface area contributed by atoms with Crippen molar-refractivity contribution >= 4 is 37.5 Å². The van der Waals surface area contributed by atoms with E-state index in [0.717, 1.165) is 28.8 Å². The van der Waals surface area contributed by atoms with Crippen LogP contribution in [-0.4, -0.2) is 67.9 Å². The molecule has 3 heterocycles. The first-order valence-electron chi connectivity index (χ1n) is 11.4. The molecule has 5 rings (SSSR count). The number of fused-ring (bicyclic) bond motifs is 1. The molecule has 0 atom stereocenters.